The van der Waals surface area contributed by atoms with Crippen molar-refractivity contribution in [2.75, 3.05) is 23.8 Å². The molecule has 0 radical (unpaired) electrons. The van der Waals surface area contributed by atoms with Gasteiger partial charge in [-0.3, -0.25) is 4.79 Å². The monoisotopic (exact) mass is 283 g/mol. The summed E-state index contributed by atoms with van der Waals surface area (Å²) in [5.41, 5.74) is 7.35. The van der Waals surface area contributed by atoms with Crippen LogP contribution in [0.1, 0.15) is 12.5 Å². The number of hydrogen-bond donors (Lipinski definition) is 1. The van der Waals surface area contributed by atoms with Crippen LogP contribution in [0, 0.1) is 11.3 Å². The molecule has 106 valence electrons. The zero-order chi connectivity index (χ0) is 15.0. The van der Waals surface area contributed by atoms with E-state index in [-0.39, 0.29) is 18.4 Å². The van der Waals surface area contributed by atoms with Crippen molar-refractivity contribution < 1.29 is 13.9 Å². The van der Waals surface area contributed by atoms with E-state index in [1.54, 1.807) is 23.1 Å². The molecule has 1 amide bonds. The first kappa shape index (κ1) is 13.1. The third-order valence-electron chi connectivity index (χ3n) is 3.38. The Morgan fingerprint density at radius 2 is 2.24 bits per heavy atom. The zero-order valence-corrected chi connectivity index (χ0v) is 11.4. The predicted molar refractivity (Wildman–Crippen MR) is 76.8 cm³/mol. The number of nitriles is 1. The molecular formula is C15H13N3O3. The van der Waals surface area contributed by atoms with Gasteiger partial charge in [0.15, 0.2) is 6.61 Å². The van der Waals surface area contributed by atoms with Gasteiger partial charge in [0.05, 0.1) is 5.69 Å². The van der Waals surface area contributed by atoms with Gasteiger partial charge < -0.3 is 19.8 Å². The van der Waals surface area contributed by atoms with Crippen molar-refractivity contribution in [2.45, 2.75) is 6.92 Å². The van der Waals surface area contributed by atoms with Crippen LogP contribution in [-0.4, -0.2) is 19.1 Å². The highest BCUT2D eigenvalue weighted by Crippen LogP contribution is 2.37. The number of likely N-dealkylation sites (N-methyl/N-ethyl adjacent to an activating group) is 1. The molecule has 2 N–H and O–H groups in total. The third-order valence-corrected chi connectivity index (χ3v) is 3.38. The Labute approximate surface area is 121 Å². The number of rotatable bonds is 2. The molecule has 0 spiro atoms. The molecule has 0 saturated heterocycles. The Balaban J connectivity index is 2.08. The van der Waals surface area contributed by atoms with Gasteiger partial charge in [0.25, 0.3) is 5.91 Å². The average Bonchev–Trinajstić information content (AvgIpc) is 2.87. The highest BCUT2D eigenvalue weighted by molar-refractivity contribution is 5.98. The maximum atomic E-state index is 11.9. The first-order chi connectivity index (χ1) is 10.1. The Bertz CT molecular complexity index is 758. The van der Waals surface area contributed by atoms with Gasteiger partial charge >= 0.3 is 0 Å². The molecule has 0 fully saturated rings. The Morgan fingerprint density at radius 1 is 1.43 bits per heavy atom. The smallest absolute Gasteiger partial charge is 0.265 e. The lowest BCUT2D eigenvalue weighted by atomic mass is 10.1. The SMILES string of the molecule is CCN1C(=O)COc2ccc(-c3cc(C#N)c(N)o3)cc21. The molecule has 3 rings (SSSR count). The van der Waals surface area contributed by atoms with Gasteiger partial charge in [-0.15, -0.1) is 0 Å². The minimum Gasteiger partial charge on any atom is -0.482 e. The molecule has 1 aliphatic rings. The molecule has 1 aromatic heterocycles. The van der Waals surface area contributed by atoms with Crippen LogP contribution < -0.4 is 15.4 Å². The fraction of sp³-hybridized carbons (Fsp3) is 0.200. The van der Waals surface area contributed by atoms with Crippen molar-refractivity contribution in [3.05, 3.63) is 29.8 Å². The van der Waals surface area contributed by atoms with Crippen LogP contribution in [0.15, 0.2) is 28.7 Å². The largest absolute Gasteiger partial charge is 0.482 e. The molecular weight excluding hydrogens is 270 g/mol. The van der Waals surface area contributed by atoms with E-state index >= 15 is 0 Å². The van der Waals surface area contributed by atoms with Gasteiger partial charge in [-0.05, 0) is 25.1 Å². The van der Waals surface area contributed by atoms with Crippen molar-refractivity contribution in [3.8, 4) is 23.1 Å². The van der Waals surface area contributed by atoms with Crippen LogP contribution >= 0.6 is 0 Å². The second-order valence-corrected chi connectivity index (χ2v) is 4.61. The number of amides is 1. The fourth-order valence-corrected chi connectivity index (χ4v) is 2.34. The van der Waals surface area contributed by atoms with Crippen LogP contribution in [0.5, 0.6) is 5.75 Å². The number of nitrogens with two attached hydrogens (primary N) is 1. The summed E-state index contributed by atoms with van der Waals surface area (Å²) in [4.78, 5) is 13.5. The highest BCUT2D eigenvalue weighted by Gasteiger charge is 2.25. The number of nitrogens with zero attached hydrogens (tertiary/aromatic N) is 2. The lowest BCUT2D eigenvalue weighted by Gasteiger charge is -2.28. The summed E-state index contributed by atoms with van der Waals surface area (Å²) < 4.78 is 10.8. The third kappa shape index (κ3) is 2.09. The molecule has 21 heavy (non-hydrogen) atoms. The highest BCUT2D eigenvalue weighted by atomic mass is 16.5. The van der Waals surface area contributed by atoms with Crippen LogP contribution in [-0.2, 0) is 4.79 Å². The van der Waals surface area contributed by atoms with E-state index in [9.17, 15) is 4.79 Å². The summed E-state index contributed by atoms with van der Waals surface area (Å²) >= 11 is 0. The van der Waals surface area contributed by atoms with E-state index in [1.807, 2.05) is 19.1 Å². The van der Waals surface area contributed by atoms with Gasteiger partial charge in [0.2, 0.25) is 5.88 Å². The molecule has 0 aliphatic carbocycles. The second-order valence-electron chi connectivity index (χ2n) is 4.61. The molecule has 6 nitrogen and oxygen atoms in total. The molecule has 0 bridgehead atoms. The minimum absolute atomic E-state index is 0.0481. The summed E-state index contributed by atoms with van der Waals surface area (Å²) in [5, 5.41) is 8.92. The topological polar surface area (TPSA) is 92.5 Å². The van der Waals surface area contributed by atoms with Crippen LogP contribution in [0.4, 0.5) is 11.6 Å². The Kier molecular flexibility index (Phi) is 3.03. The van der Waals surface area contributed by atoms with Crippen LogP contribution in [0.2, 0.25) is 0 Å². The van der Waals surface area contributed by atoms with Crippen molar-refractivity contribution >= 4 is 17.5 Å². The molecule has 0 saturated carbocycles. The first-order valence-electron chi connectivity index (χ1n) is 6.51. The molecule has 0 unspecified atom stereocenters. The summed E-state index contributed by atoms with van der Waals surface area (Å²) in [7, 11) is 0. The summed E-state index contributed by atoms with van der Waals surface area (Å²) in [6.45, 7) is 2.51. The van der Waals surface area contributed by atoms with Gasteiger partial charge in [-0.2, -0.15) is 5.26 Å². The van der Waals surface area contributed by atoms with E-state index in [4.69, 9.17) is 20.1 Å². The number of hydrogen-bond acceptors (Lipinski definition) is 5. The van der Waals surface area contributed by atoms with Crippen LogP contribution in [0.3, 0.4) is 0 Å². The number of carbonyl (C=O) groups excluding carboxylic acids is 1. The lowest BCUT2D eigenvalue weighted by molar-refractivity contribution is -0.121. The number of benzene rings is 1. The maximum absolute atomic E-state index is 11.9. The Morgan fingerprint density at radius 3 is 2.90 bits per heavy atom. The average molecular weight is 283 g/mol. The van der Waals surface area contributed by atoms with E-state index in [2.05, 4.69) is 0 Å². The second kappa shape index (κ2) is 4.87. The molecule has 2 aromatic rings. The molecule has 1 aliphatic heterocycles. The number of fused-ring (bicyclic) bond motifs is 1. The minimum atomic E-state index is -0.0844. The number of nitrogen functional groups attached to an aromatic ring is 1. The quantitative estimate of drug-likeness (QED) is 0.911. The zero-order valence-electron chi connectivity index (χ0n) is 11.4. The number of furan rings is 1. The summed E-state index contributed by atoms with van der Waals surface area (Å²) in [6, 6.07) is 8.94. The number of anilines is 2. The van der Waals surface area contributed by atoms with Crippen molar-refractivity contribution in [1.82, 2.24) is 0 Å². The van der Waals surface area contributed by atoms with Crippen molar-refractivity contribution in [3.63, 3.8) is 0 Å². The first-order valence-corrected chi connectivity index (χ1v) is 6.51. The maximum Gasteiger partial charge on any atom is 0.265 e. The van der Waals surface area contributed by atoms with Gasteiger partial charge in [-0.25, -0.2) is 0 Å². The Hall–Kier alpha value is -2.94. The molecule has 2 heterocycles. The van der Waals surface area contributed by atoms with E-state index < -0.39 is 0 Å². The van der Waals surface area contributed by atoms with Gasteiger partial charge in [0, 0.05) is 18.2 Å². The number of carbonyl (C=O) groups is 1. The van der Waals surface area contributed by atoms with E-state index in [1.165, 1.54) is 0 Å². The van der Waals surface area contributed by atoms with Crippen molar-refractivity contribution in [1.29, 1.82) is 5.26 Å². The van der Waals surface area contributed by atoms with Crippen LogP contribution in [0.25, 0.3) is 11.3 Å². The molecule has 1 aromatic carbocycles. The molecule has 0 atom stereocenters. The summed E-state index contributed by atoms with van der Waals surface area (Å²) in [5.74, 6) is 1.14. The fourth-order valence-electron chi connectivity index (χ4n) is 2.34. The van der Waals surface area contributed by atoms with E-state index in [0.29, 0.717) is 29.3 Å². The molecule has 6 heteroatoms. The van der Waals surface area contributed by atoms with Crippen molar-refractivity contribution in [2.24, 2.45) is 0 Å². The lowest BCUT2D eigenvalue weighted by Crippen LogP contribution is -2.38. The standard InChI is InChI=1S/C15H13N3O3/c1-2-18-11-5-9(3-4-12(11)20-8-14(18)19)13-6-10(7-16)15(17)21-13/h3-6H,2,8,17H2,1H3. The number of ether oxygens (including phenoxy) is 1. The predicted octanol–water partition coefficient (Wildman–Crippen LogP) is 2.15. The van der Waals surface area contributed by atoms with Gasteiger partial charge in [-0.1, -0.05) is 0 Å². The normalized spacial score (nSPS) is 13.5. The van der Waals surface area contributed by atoms with E-state index in [0.717, 1.165) is 5.56 Å². The summed E-state index contributed by atoms with van der Waals surface area (Å²) in [6.07, 6.45) is 0. The van der Waals surface area contributed by atoms with Gasteiger partial charge in [0.1, 0.15) is 23.1 Å².